The van der Waals surface area contributed by atoms with Crippen LogP contribution in [0.4, 0.5) is 0 Å². The maximum atomic E-state index is 12.1. The van der Waals surface area contributed by atoms with E-state index < -0.39 is 0 Å². The summed E-state index contributed by atoms with van der Waals surface area (Å²) in [6, 6.07) is 9.47. The molecule has 1 aromatic heterocycles. The Kier molecular flexibility index (Phi) is 6.86. The summed E-state index contributed by atoms with van der Waals surface area (Å²) in [6.07, 6.45) is 2.40. The van der Waals surface area contributed by atoms with Crippen LogP contribution in [0.2, 0.25) is 0 Å². The number of methoxy groups -OCH3 is 1. The predicted octanol–water partition coefficient (Wildman–Crippen LogP) is 3.62. The van der Waals surface area contributed by atoms with E-state index >= 15 is 0 Å². The van der Waals surface area contributed by atoms with Crippen molar-refractivity contribution >= 4 is 11.6 Å². The van der Waals surface area contributed by atoms with Crippen LogP contribution in [0.3, 0.4) is 0 Å². The van der Waals surface area contributed by atoms with Gasteiger partial charge in [0.15, 0.2) is 6.61 Å². The SMILES string of the molecule is CCN=C(c1c(C)cc(OCC(=O)NCc2ccc(OC)cc2)nc1C)C1CC1. The van der Waals surface area contributed by atoms with Gasteiger partial charge in [-0.15, -0.1) is 0 Å². The number of carbonyl (C=O) groups excluding carboxylic acids is 1. The van der Waals surface area contributed by atoms with Crippen molar-refractivity contribution in [1.82, 2.24) is 10.3 Å². The van der Waals surface area contributed by atoms with E-state index in [1.54, 1.807) is 7.11 Å². The molecule has 0 saturated heterocycles. The summed E-state index contributed by atoms with van der Waals surface area (Å²) in [6.45, 7) is 7.23. The molecule has 1 aliphatic carbocycles. The number of amides is 1. The van der Waals surface area contributed by atoms with E-state index in [-0.39, 0.29) is 12.5 Å². The van der Waals surface area contributed by atoms with Gasteiger partial charge in [0.1, 0.15) is 5.75 Å². The zero-order valence-corrected chi connectivity index (χ0v) is 17.6. The highest BCUT2D eigenvalue weighted by atomic mass is 16.5. The summed E-state index contributed by atoms with van der Waals surface area (Å²) in [7, 11) is 1.63. The van der Waals surface area contributed by atoms with Crippen molar-refractivity contribution < 1.29 is 14.3 Å². The Bertz CT molecular complexity index is 864. The first-order valence-electron chi connectivity index (χ1n) is 10.1. The molecule has 1 aromatic carbocycles. The zero-order chi connectivity index (χ0) is 20.8. The first-order chi connectivity index (χ1) is 14.0. The van der Waals surface area contributed by atoms with Gasteiger partial charge in [-0.1, -0.05) is 12.1 Å². The number of hydrogen-bond donors (Lipinski definition) is 1. The Morgan fingerprint density at radius 2 is 1.97 bits per heavy atom. The number of aromatic nitrogens is 1. The van der Waals surface area contributed by atoms with Gasteiger partial charge in [-0.2, -0.15) is 0 Å². The number of aliphatic imine (C=N–C) groups is 1. The molecule has 1 heterocycles. The molecule has 0 spiro atoms. The van der Waals surface area contributed by atoms with Crippen LogP contribution in [0.5, 0.6) is 11.6 Å². The second-order valence-electron chi connectivity index (χ2n) is 7.29. The predicted molar refractivity (Wildman–Crippen MR) is 114 cm³/mol. The average Bonchev–Trinajstić information content (AvgIpc) is 3.55. The smallest absolute Gasteiger partial charge is 0.258 e. The second-order valence-corrected chi connectivity index (χ2v) is 7.29. The van der Waals surface area contributed by atoms with Gasteiger partial charge in [0, 0.05) is 36.3 Å². The standard InChI is InChI=1S/C23H29N3O3/c1-5-24-23(18-8-9-18)22-15(2)12-21(26-16(22)3)29-14-20(27)25-13-17-6-10-19(28-4)11-7-17/h6-7,10-12,18H,5,8-9,13-14H2,1-4H3,(H,25,27). The number of ether oxygens (including phenoxy) is 2. The molecule has 1 amide bonds. The van der Waals surface area contributed by atoms with Crippen LogP contribution in [0.1, 0.15) is 42.1 Å². The number of nitrogens with one attached hydrogen (secondary N) is 1. The van der Waals surface area contributed by atoms with Crippen LogP contribution in [-0.2, 0) is 11.3 Å². The number of hydrogen-bond acceptors (Lipinski definition) is 5. The first kappa shape index (κ1) is 20.8. The van der Waals surface area contributed by atoms with Crippen molar-refractivity contribution in [3.05, 3.63) is 52.7 Å². The minimum absolute atomic E-state index is 0.0695. The lowest BCUT2D eigenvalue weighted by Crippen LogP contribution is -2.28. The number of pyridine rings is 1. The van der Waals surface area contributed by atoms with Gasteiger partial charge in [-0.25, -0.2) is 4.98 Å². The van der Waals surface area contributed by atoms with Crippen LogP contribution >= 0.6 is 0 Å². The van der Waals surface area contributed by atoms with E-state index in [1.807, 2.05) is 44.2 Å². The lowest BCUT2D eigenvalue weighted by atomic mass is 9.99. The fourth-order valence-corrected chi connectivity index (χ4v) is 3.33. The van der Waals surface area contributed by atoms with Crippen molar-refractivity contribution in [3.8, 4) is 11.6 Å². The summed E-state index contributed by atoms with van der Waals surface area (Å²) in [4.78, 5) is 21.4. The highest BCUT2D eigenvalue weighted by molar-refractivity contribution is 6.05. The number of aryl methyl sites for hydroxylation is 2. The van der Waals surface area contributed by atoms with E-state index in [4.69, 9.17) is 14.5 Å². The lowest BCUT2D eigenvalue weighted by molar-refractivity contribution is -0.123. The zero-order valence-electron chi connectivity index (χ0n) is 17.6. The van der Waals surface area contributed by atoms with E-state index in [9.17, 15) is 4.79 Å². The van der Waals surface area contributed by atoms with Crippen LogP contribution in [-0.4, -0.2) is 36.9 Å². The molecular weight excluding hydrogens is 366 g/mol. The Hall–Kier alpha value is -2.89. The molecular formula is C23H29N3O3. The first-order valence-corrected chi connectivity index (χ1v) is 10.1. The third-order valence-electron chi connectivity index (χ3n) is 4.92. The Morgan fingerprint density at radius 3 is 2.55 bits per heavy atom. The fourth-order valence-electron chi connectivity index (χ4n) is 3.33. The minimum atomic E-state index is -0.187. The van der Waals surface area contributed by atoms with Crippen molar-refractivity contribution in [2.45, 2.75) is 40.2 Å². The maximum absolute atomic E-state index is 12.1. The molecule has 6 nitrogen and oxygen atoms in total. The van der Waals surface area contributed by atoms with Crippen LogP contribution < -0.4 is 14.8 Å². The quantitative estimate of drug-likeness (QED) is 0.658. The normalized spacial score (nSPS) is 13.9. The topological polar surface area (TPSA) is 72.8 Å². The molecule has 6 heteroatoms. The van der Waals surface area contributed by atoms with Gasteiger partial charge >= 0.3 is 0 Å². The largest absolute Gasteiger partial charge is 0.497 e. The average molecular weight is 396 g/mol. The Balaban J connectivity index is 1.57. The van der Waals surface area contributed by atoms with E-state index in [1.165, 1.54) is 18.6 Å². The number of benzene rings is 1. The van der Waals surface area contributed by atoms with Gasteiger partial charge < -0.3 is 14.8 Å². The summed E-state index contributed by atoms with van der Waals surface area (Å²) < 4.78 is 10.8. The van der Waals surface area contributed by atoms with Gasteiger partial charge in [0.25, 0.3) is 5.91 Å². The summed E-state index contributed by atoms with van der Waals surface area (Å²) in [5.41, 5.74) is 5.28. The van der Waals surface area contributed by atoms with Crippen LogP contribution in [0.15, 0.2) is 35.3 Å². The highest BCUT2D eigenvalue weighted by Gasteiger charge is 2.30. The molecule has 1 N–H and O–H groups in total. The van der Waals surface area contributed by atoms with Gasteiger partial charge in [0.2, 0.25) is 5.88 Å². The molecule has 3 rings (SSSR count). The monoisotopic (exact) mass is 395 g/mol. The third kappa shape index (κ3) is 5.56. The highest BCUT2D eigenvalue weighted by Crippen LogP contribution is 2.35. The molecule has 0 bridgehead atoms. The maximum Gasteiger partial charge on any atom is 0.258 e. The number of nitrogens with zero attached hydrogens (tertiary/aromatic N) is 2. The summed E-state index contributed by atoms with van der Waals surface area (Å²) in [5, 5.41) is 2.85. The summed E-state index contributed by atoms with van der Waals surface area (Å²) in [5.74, 6) is 1.63. The van der Waals surface area contributed by atoms with Crippen molar-refractivity contribution in [2.24, 2.45) is 10.9 Å². The molecule has 2 aromatic rings. The molecule has 0 radical (unpaired) electrons. The summed E-state index contributed by atoms with van der Waals surface area (Å²) >= 11 is 0. The molecule has 154 valence electrons. The second kappa shape index (κ2) is 9.54. The van der Waals surface area contributed by atoms with Crippen LogP contribution in [0.25, 0.3) is 0 Å². The van der Waals surface area contributed by atoms with Crippen molar-refractivity contribution in [2.75, 3.05) is 20.3 Å². The van der Waals surface area contributed by atoms with Crippen LogP contribution in [0, 0.1) is 19.8 Å². The molecule has 1 aliphatic rings. The molecule has 29 heavy (non-hydrogen) atoms. The Labute approximate surface area is 172 Å². The van der Waals surface area contributed by atoms with Gasteiger partial charge in [0.05, 0.1) is 12.8 Å². The van der Waals surface area contributed by atoms with Gasteiger partial charge in [-0.3, -0.25) is 9.79 Å². The van der Waals surface area contributed by atoms with E-state index in [0.717, 1.165) is 34.7 Å². The third-order valence-corrected chi connectivity index (χ3v) is 4.92. The van der Waals surface area contributed by atoms with Crippen molar-refractivity contribution in [3.63, 3.8) is 0 Å². The molecule has 1 saturated carbocycles. The molecule has 0 atom stereocenters. The number of rotatable bonds is 9. The minimum Gasteiger partial charge on any atom is -0.497 e. The number of carbonyl (C=O) groups is 1. The van der Waals surface area contributed by atoms with E-state index in [2.05, 4.69) is 17.2 Å². The van der Waals surface area contributed by atoms with Crippen molar-refractivity contribution in [1.29, 1.82) is 0 Å². The Morgan fingerprint density at radius 1 is 1.24 bits per heavy atom. The molecule has 1 fully saturated rings. The lowest BCUT2D eigenvalue weighted by Gasteiger charge is -2.14. The fraction of sp³-hybridized carbons (Fsp3) is 0.435. The van der Waals surface area contributed by atoms with E-state index in [0.29, 0.717) is 18.3 Å². The molecule has 0 aliphatic heterocycles. The van der Waals surface area contributed by atoms with Gasteiger partial charge in [-0.05, 0) is 56.9 Å². The molecule has 0 unspecified atom stereocenters.